The summed E-state index contributed by atoms with van der Waals surface area (Å²) >= 11 is 13.2. The number of nitro benzene ring substituents is 1. The third-order valence-corrected chi connectivity index (χ3v) is 6.30. The molecule has 0 N–H and O–H groups in total. The minimum absolute atomic E-state index is 0.0143. The fourth-order valence-corrected chi connectivity index (χ4v) is 4.22. The number of hydrogen-bond donors (Lipinski definition) is 0. The maximum atomic E-state index is 11.1. The molecule has 34 heavy (non-hydrogen) atoms. The number of allylic oxidation sites excluding steroid dienone is 2. The van der Waals surface area contributed by atoms with Gasteiger partial charge in [-0.1, -0.05) is 53.2 Å². The predicted octanol–water partition coefficient (Wildman–Crippen LogP) is 7.58. The molecule has 0 saturated heterocycles. The van der Waals surface area contributed by atoms with Crippen molar-refractivity contribution in [2.75, 3.05) is 0 Å². The molecule has 0 saturated carbocycles. The van der Waals surface area contributed by atoms with Gasteiger partial charge in [-0.2, -0.15) is 0 Å². The molecule has 0 unspecified atom stereocenters. The highest BCUT2D eigenvalue weighted by atomic mass is 35.5. The molecule has 0 aliphatic rings. The van der Waals surface area contributed by atoms with Crippen molar-refractivity contribution in [3.8, 4) is 11.4 Å². The lowest BCUT2D eigenvalue weighted by Gasteiger charge is -2.04. The molecule has 0 spiro atoms. The molecule has 4 rings (SSSR count). The predicted molar refractivity (Wildman–Crippen MR) is 141 cm³/mol. The first kappa shape index (κ1) is 23.7. The van der Waals surface area contributed by atoms with Gasteiger partial charge in [0.05, 0.1) is 16.3 Å². The number of hydrogen-bond acceptors (Lipinski definition) is 5. The van der Waals surface area contributed by atoms with Crippen LogP contribution in [0.1, 0.15) is 11.4 Å². The van der Waals surface area contributed by atoms with Gasteiger partial charge in [0.2, 0.25) is 4.77 Å². The standard InChI is InChI=1S/C25H19ClN4O2S2/c1-18-5-9-21(10-6-18)29-25(33)28(20-11-13-22(14-12-20)30(31)32)24(27-29)4-2-3-17-34-23-15-7-19(26)8-16-23/h2-17H,1H3/b4-2-,17-3+. The number of halogens is 1. The first-order chi connectivity index (χ1) is 16.4. The van der Waals surface area contributed by atoms with Gasteiger partial charge in [0.25, 0.3) is 5.69 Å². The van der Waals surface area contributed by atoms with Crippen LogP contribution in [0.25, 0.3) is 17.5 Å². The monoisotopic (exact) mass is 506 g/mol. The quantitative estimate of drug-likeness (QED) is 0.0849. The molecule has 1 heterocycles. The summed E-state index contributed by atoms with van der Waals surface area (Å²) in [6, 6.07) is 21.7. The van der Waals surface area contributed by atoms with Crippen molar-refractivity contribution >= 4 is 47.3 Å². The highest BCUT2D eigenvalue weighted by Gasteiger charge is 2.13. The lowest BCUT2D eigenvalue weighted by atomic mass is 10.2. The fourth-order valence-electron chi connectivity index (χ4n) is 3.13. The number of nitrogens with zero attached hydrogens (tertiary/aromatic N) is 4. The van der Waals surface area contributed by atoms with Crippen molar-refractivity contribution in [3.63, 3.8) is 0 Å². The van der Waals surface area contributed by atoms with E-state index in [4.69, 9.17) is 28.9 Å². The number of aryl methyl sites for hydroxylation is 1. The Bertz CT molecular complexity index is 1420. The summed E-state index contributed by atoms with van der Waals surface area (Å²) < 4.78 is 3.93. The molecule has 3 aromatic carbocycles. The number of aromatic nitrogens is 3. The van der Waals surface area contributed by atoms with E-state index in [0.29, 0.717) is 21.3 Å². The zero-order chi connectivity index (χ0) is 24.1. The first-order valence-electron chi connectivity index (χ1n) is 10.2. The number of non-ortho nitro benzene ring substituents is 1. The van der Waals surface area contributed by atoms with Crippen molar-refractivity contribution in [3.05, 3.63) is 122 Å². The van der Waals surface area contributed by atoms with Gasteiger partial charge in [-0.15, -0.1) is 5.10 Å². The van der Waals surface area contributed by atoms with Crippen LogP contribution >= 0.6 is 35.6 Å². The van der Waals surface area contributed by atoms with Crippen molar-refractivity contribution in [1.29, 1.82) is 0 Å². The minimum Gasteiger partial charge on any atom is -0.268 e. The second kappa shape index (κ2) is 10.6. The molecule has 170 valence electrons. The second-order valence-corrected chi connectivity index (χ2v) is 9.04. The van der Waals surface area contributed by atoms with Crippen LogP contribution in [-0.4, -0.2) is 19.3 Å². The molecule has 0 radical (unpaired) electrons. The summed E-state index contributed by atoms with van der Waals surface area (Å²) in [5.74, 6) is 0.598. The van der Waals surface area contributed by atoms with Crippen LogP contribution in [-0.2, 0) is 0 Å². The van der Waals surface area contributed by atoms with Crippen LogP contribution in [0.15, 0.2) is 95.3 Å². The van der Waals surface area contributed by atoms with E-state index in [-0.39, 0.29) is 5.69 Å². The van der Waals surface area contributed by atoms with E-state index in [1.54, 1.807) is 33.1 Å². The van der Waals surface area contributed by atoms with E-state index in [2.05, 4.69) is 0 Å². The molecular formula is C25H19ClN4O2S2. The number of rotatable bonds is 7. The lowest BCUT2D eigenvalue weighted by Crippen LogP contribution is -1.99. The van der Waals surface area contributed by atoms with Gasteiger partial charge < -0.3 is 0 Å². The Hall–Kier alpha value is -3.46. The molecule has 1 aromatic heterocycles. The number of thioether (sulfide) groups is 1. The maximum Gasteiger partial charge on any atom is 0.269 e. The Morgan fingerprint density at radius 1 is 0.971 bits per heavy atom. The van der Waals surface area contributed by atoms with Gasteiger partial charge in [0, 0.05) is 22.1 Å². The lowest BCUT2D eigenvalue weighted by molar-refractivity contribution is -0.384. The first-order valence-corrected chi connectivity index (χ1v) is 11.9. The normalized spacial score (nSPS) is 11.5. The molecule has 0 amide bonds. The van der Waals surface area contributed by atoms with Gasteiger partial charge in [-0.3, -0.25) is 14.7 Å². The van der Waals surface area contributed by atoms with Crippen molar-refractivity contribution < 1.29 is 4.92 Å². The van der Waals surface area contributed by atoms with Crippen LogP contribution in [0, 0.1) is 21.8 Å². The maximum absolute atomic E-state index is 11.1. The summed E-state index contributed by atoms with van der Waals surface area (Å²) in [5.41, 5.74) is 2.67. The van der Waals surface area contributed by atoms with Gasteiger partial charge in [-0.05, 0) is 79.2 Å². The third-order valence-electron chi connectivity index (χ3n) is 4.85. The van der Waals surface area contributed by atoms with E-state index in [0.717, 1.165) is 16.1 Å². The fraction of sp³-hybridized carbons (Fsp3) is 0.0400. The van der Waals surface area contributed by atoms with Crippen LogP contribution in [0.4, 0.5) is 5.69 Å². The summed E-state index contributed by atoms with van der Waals surface area (Å²) in [7, 11) is 0. The van der Waals surface area contributed by atoms with Crippen molar-refractivity contribution in [2.45, 2.75) is 11.8 Å². The van der Waals surface area contributed by atoms with E-state index in [1.807, 2.05) is 79.1 Å². The SMILES string of the molecule is Cc1ccc(-n2nc(/C=C\C=C\Sc3ccc(Cl)cc3)n(-c3ccc([N+](=O)[O-])cc3)c2=S)cc1. The highest BCUT2D eigenvalue weighted by molar-refractivity contribution is 8.02. The Kier molecular flexibility index (Phi) is 7.42. The molecular weight excluding hydrogens is 488 g/mol. The van der Waals surface area contributed by atoms with Crippen molar-refractivity contribution in [1.82, 2.24) is 14.3 Å². The van der Waals surface area contributed by atoms with Crippen LogP contribution in [0.3, 0.4) is 0 Å². The van der Waals surface area contributed by atoms with Crippen molar-refractivity contribution in [2.24, 2.45) is 0 Å². The molecule has 0 bridgehead atoms. The second-order valence-electron chi connectivity index (χ2n) is 7.26. The smallest absolute Gasteiger partial charge is 0.268 e. The molecule has 9 heteroatoms. The van der Waals surface area contributed by atoms with Gasteiger partial charge >= 0.3 is 0 Å². The molecule has 4 aromatic rings. The van der Waals surface area contributed by atoms with Gasteiger partial charge in [0.15, 0.2) is 5.82 Å². The Balaban J connectivity index is 1.67. The summed E-state index contributed by atoms with van der Waals surface area (Å²) in [5, 5.41) is 18.4. The van der Waals surface area contributed by atoms with E-state index >= 15 is 0 Å². The minimum atomic E-state index is -0.428. The zero-order valence-corrected chi connectivity index (χ0v) is 20.4. The highest BCUT2D eigenvalue weighted by Crippen LogP contribution is 2.22. The largest absolute Gasteiger partial charge is 0.269 e. The zero-order valence-electron chi connectivity index (χ0n) is 18.0. The Morgan fingerprint density at radius 2 is 1.62 bits per heavy atom. The number of benzene rings is 3. The Morgan fingerprint density at radius 3 is 2.26 bits per heavy atom. The van der Waals surface area contributed by atoms with Crippen LogP contribution < -0.4 is 0 Å². The molecule has 0 atom stereocenters. The summed E-state index contributed by atoms with van der Waals surface area (Å²) in [6.07, 6.45) is 5.63. The van der Waals surface area contributed by atoms with Crippen LogP contribution in [0.5, 0.6) is 0 Å². The van der Waals surface area contributed by atoms with Gasteiger partial charge in [0.1, 0.15) is 0 Å². The van der Waals surface area contributed by atoms with E-state index < -0.39 is 4.92 Å². The summed E-state index contributed by atoms with van der Waals surface area (Å²) in [4.78, 5) is 11.7. The topological polar surface area (TPSA) is 65.9 Å². The average Bonchev–Trinajstić information content (AvgIpc) is 3.16. The molecule has 0 fully saturated rings. The van der Waals surface area contributed by atoms with E-state index in [9.17, 15) is 10.1 Å². The number of nitro groups is 1. The van der Waals surface area contributed by atoms with Gasteiger partial charge in [-0.25, -0.2) is 4.68 Å². The Labute approximate surface area is 211 Å². The third kappa shape index (κ3) is 5.53. The molecule has 0 aliphatic heterocycles. The molecule has 6 nitrogen and oxygen atoms in total. The average molecular weight is 507 g/mol. The van der Waals surface area contributed by atoms with E-state index in [1.165, 1.54) is 12.1 Å². The van der Waals surface area contributed by atoms with Crippen LogP contribution in [0.2, 0.25) is 5.02 Å². The summed E-state index contributed by atoms with van der Waals surface area (Å²) in [6.45, 7) is 2.01. The molecule has 0 aliphatic carbocycles.